The highest BCUT2D eigenvalue weighted by molar-refractivity contribution is 8.00. The maximum Gasteiger partial charge on any atom is 0.324 e. The lowest BCUT2D eigenvalue weighted by atomic mass is 10.1. The van der Waals surface area contributed by atoms with Crippen LogP contribution in [0, 0.1) is 5.92 Å². The molecule has 84 valence electrons. The van der Waals surface area contributed by atoms with Gasteiger partial charge < -0.3 is 4.90 Å². The summed E-state index contributed by atoms with van der Waals surface area (Å²) >= 11 is 1.83. The molecule has 1 atom stereocenters. The minimum absolute atomic E-state index is 0.0830. The van der Waals surface area contributed by atoms with Crippen LogP contribution < -0.4 is 5.32 Å². The van der Waals surface area contributed by atoms with Gasteiger partial charge in [0.05, 0.1) is 5.92 Å². The standard InChI is InChI=1S/C10H16N2O2S/c1-7-5-12(9(14)11-8(7)13)6-10(15-2)3-4-10/h7H,3-6H2,1-2H3,(H,11,13,14). The van der Waals surface area contributed by atoms with Crippen molar-refractivity contribution in [1.82, 2.24) is 10.2 Å². The molecule has 1 aliphatic carbocycles. The van der Waals surface area contributed by atoms with E-state index in [0.717, 1.165) is 6.54 Å². The van der Waals surface area contributed by atoms with E-state index < -0.39 is 0 Å². The minimum atomic E-state index is -0.224. The number of hydrogen-bond acceptors (Lipinski definition) is 3. The zero-order valence-corrected chi connectivity index (χ0v) is 9.89. The Morgan fingerprint density at radius 1 is 1.53 bits per heavy atom. The highest BCUT2D eigenvalue weighted by atomic mass is 32.2. The molecule has 0 bridgehead atoms. The molecular formula is C10H16N2O2S. The molecule has 2 rings (SSSR count). The monoisotopic (exact) mass is 228 g/mol. The van der Waals surface area contributed by atoms with Crippen molar-refractivity contribution < 1.29 is 9.59 Å². The van der Waals surface area contributed by atoms with Crippen molar-refractivity contribution in [3.63, 3.8) is 0 Å². The molecule has 3 amide bonds. The molecular weight excluding hydrogens is 212 g/mol. The Bertz CT molecular complexity index is 302. The van der Waals surface area contributed by atoms with Crippen LogP contribution >= 0.6 is 11.8 Å². The Hall–Kier alpha value is -0.710. The topological polar surface area (TPSA) is 49.4 Å². The largest absolute Gasteiger partial charge is 0.324 e. The number of nitrogens with zero attached hydrogens (tertiary/aromatic N) is 1. The van der Waals surface area contributed by atoms with E-state index in [-0.39, 0.29) is 22.6 Å². The van der Waals surface area contributed by atoms with Crippen molar-refractivity contribution in [3.05, 3.63) is 0 Å². The molecule has 1 saturated heterocycles. The predicted octanol–water partition coefficient (Wildman–Crippen LogP) is 1.07. The normalized spacial score (nSPS) is 28.9. The molecule has 0 radical (unpaired) electrons. The molecule has 0 aromatic rings. The van der Waals surface area contributed by atoms with Crippen molar-refractivity contribution >= 4 is 23.7 Å². The van der Waals surface area contributed by atoms with Crippen LogP contribution in [0.5, 0.6) is 0 Å². The van der Waals surface area contributed by atoms with Gasteiger partial charge in [-0.3, -0.25) is 10.1 Å². The average molecular weight is 228 g/mol. The molecule has 0 spiro atoms. The van der Waals surface area contributed by atoms with E-state index in [1.807, 2.05) is 18.7 Å². The van der Waals surface area contributed by atoms with Crippen molar-refractivity contribution in [3.8, 4) is 0 Å². The van der Waals surface area contributed by atoms with Crippen LogP contribution in [0.2, 0.25) is 0 Å². The number of imide groups is 1. The fourth-order valence-electron chi connectivity index (χ4n) is 1.85. The van der Waals surface area contributed by atoms with E-state index in [9.17, 15) is 9.59 Å². The van der Waals surface area contributed by atoms with E-state index >= 15 is 0 Å². The minimum Gasteiger partial charge on any atom is -0.322 e. The van der Waals surface area contributed by atoms with Crippen molar-refractivity contribution in [2.75, 3.05) is 19.3 Å². The second-order valence-corrected chi connectivity index (χ2v) is 5.74. The lowest BCUT2D eigenvalue weighted by Crippen LogP contribution is -2.55. The quantitative estimate of drug-likeness (QED) is 0.786. The van der Waals surface area contributed by atoms with Crippen LogP contribution in [0.3, 0.4) is 0 Å². The summed E-state index contributed by atoms with van der Waals surface area (Å²) in [5.74, 6) is -0.231. The zero-order valence-electron chi connectivity index (χ0n) is 9.08. The third-order valence-electron chi connectivity index (χ3n) is 3.18. The summed E-state index contributed by atoms with van der Waals surface area (Å²) in [6.07, 6.45) is 4.45. The first kappa shape index (κ1) is 10.8. The molecule has 4 nitrogen and oxygen atoms in total. The Balaban J connectivity index is 1.97. The van der Waals surface area contributed by atoms with Gasteiger partial charge in [-0.05, 0) is 19.1 Å². The van der Waals surface area contributed by atoms with E-state index in [1.54, 1.807) is 4.90 Å². The van der Waals surface area contributed by atoms with Gasteiger partial charge in [0.25, 0.3) is 0 Å². The van der Waals surface area contributed by atoms with Crippen LogP contribution in [-0.2, 0) is 4.79 Å². The summed E-state index contributed by atoms with van der Waals surface area (Å²) in [4.78, 5) is 24.6. The van der Waals surface area contributed by atoms with Crippen LogP contribution in [-0.4, -0.2) is 40.9 Å². The molecule has 15 heavy (non-hydrogen) atoms. The number of rotatable bonds is 3. The molecule has 1 saturated carbocycles. The third-order valence-corrected chi connectivity index (χ3v) is 4.58. The van der Waals surface area contributed by atoms with Crippen molar-refractivity contribution in [1.29, 1.82) is 0 Å². The summed E-state index contributed by atoms with van der Waals surface area (Å²) in [5, 5.41) is 2.39. The fourth-order valence-corrected chi connectivity index (χ4v) is 2.65. The number of carbonyl (C=O) groups excluding carboxylic acids is 2. The Morgan fingerprint density at radius 3 is 2.73 bits per heavy atom. The summed E-state index contributed by atoms with van der Waals surface area (Å²) in [6.45, 7) is 3.19. The number of carbonyl (C=O) groups is 2. The Morgan fingerprint density at radius 2 is 2.20 bits per heavy atom. The van der Waals surface area contributed by atoms with Gasteiger partial charge in [0.15, 0.2) is 0 Å². The molecule has 5 heteroatoms. The third kappa shape index (κ3) is 2.12. The summed E-state index contributed by atoms with van der Waals surface area (Å²) in [6, 6.07) is -0.224. The number of amides is 3. The van der Waals surface area contributed by atoms with Crippen LogP contribution in [0.4, 0.5) is 4.79 Å². The van der Waals surface area contributed by atoms with Gasteiger partial charge in [0, 0.05) is 17.8 Å². The van der Waals surface area contributed by atoms with E-state index in [1.165, 1.54) is 12.8 Å². The molecule has 0 aromatic carbocycles. The van der Waals surface area contributed by atoms with Crippen molar-refractivity contribution in [2.45, 2.75) is 24.5 Å². The fraction of sp³-hybridized carbons (Fsp3) is 0.800. The van der Waals surface area contributed by atoms with E-state index in [0.29, 0.717) is 6.54 Å². The maximum atomic E-state index is 11.6. The van der Waals surface area contributed by atoms with Gasteiger partial charge in [-0.15, -0.1) is 0 Å². The molecule has 2 aliphatic rings. The highest BCUT2D eigenvalue weighted by Gasteiger charge is 2.45. The predicted molar refractivity (Wildman–Crippen MR) is 59.8 cm³/mol. The molecule has 0 aromatic heterocycles. The molecule has 1 unspecified atom stereocenters. The SMILES string of the molecule is CSC1(CN2CC(C)C(=O)NC2=O)CC1. The van der Waals surface area contributed by atoms with E-state index in [2.05, 4.69) is 11.6 Å². The van der Waals surface area contributed by atoms with Crippen LogP contribution in [0.1, 0.15) is 19.8 Å². The lowest BCUT2D eigenvalue weighted by molar-refractivity contribution is -0.125. The highest BCUT2D eigenvalue weighted by Crippen LogP contribution is 2.47. The van der Waals surface area contributed by atoms with Gasteiger partial charge in [-0.2, -0.15) is 11.8 Å². The second kappa shape index (κ2) is 3.70. The molecule has 1 N–H and O–H groups in total. The maximum absolute atomic E-state index is 11.6. The number of nitrogens with one attached hydrogen (secondary N) is 1. The van der Waals surface area contributed by atoms with Crippen LogP contribution in [0.25, 0.3) is 0 Å². The Kier molecular flexibility index (Phi) is 2.66. The second-order valence-electron chi connectivity index (χ2n) is 4.46. The van der Waals surface area contributed by atoms with E-state index in [4.69, 9.17) is 0 Å². The summed E-state index contributed by atoms with van der Waals surface area (Å²) in [5.41, 5.74) is 0. The number of thioether (sulfide) groups is 1. The first-order valence-electron chi connectivity index (χ1n) is 5.21. The average Bonchev–Trinajstić information content (AvgIpc) is 2.95. The smallest absolute Gasteiger partial charge is 0.322 e. The molecule has 1 aliphatic heterocycles. The number of urea groups is 1. The lowest BCUT2D eigenvalue weighted by Gasteiger charge is -2.32. The summed E-state index contributed by atoms with van der Waals surface area (Å²) in [7, 11) is 0. The number of hydrogen-bond donors (Lipinski definition) is 1. The zero-order chi connectivity index (χ0) is 11.1. The van der Waals surface area contributed by atoms with Gasteiger partial charge >= 0.3 is 6.03 Å². The van der Waals surface area contributed by atoms with Crippen molar-refractivity contribution in [2.24, 2.45) is 5.92 Å². The Labute approximate surface area is 93.8 Å². The first-order valence-corrected chi connectivity index (χ1v) is 6.44. The van der Waals surface area contributed by atoms with Gasteiger partial charge in [-0.1, -0.05) is 6.92 Å². The van der Waals surface area contributed by atoms with Gasteiger partial charge in [-0.25, -0.2) is 4.79 Å². The first-order chi connectivity index (χ1) is 7.06. The molecule has 2 fully saturated rings. The van der Waals surface area contributed by atoms with Gasteiger partial charge in [0.2, 0.25) is 5.91 Å². The molecule has 1 heterocycles. The van der Waals surface area contributed by atoms with Gasteiger partial charge in [0.1, 0.15) is 0 Å². The summed E-state index contributed by atoms with van der Waals surface area (Å²) < 4.78 is 0.275. The van der Waals surface area contributed by atoms with Crippen LogP contribution in [0.15, 0.2) is 0 Å².